The third kappa shape index (κ3) is 1.97. The van der Waals surface area contributed by atoms with E-state index in [1.807, 2.05) is 24.3 Å². The highest BCUT2D eigenvalue weighted by Gasteiger charge is 2.42. The third-order valence-corrected chi connectivity index (χ3v) is 4.93. The van der Waals surface area contributed by atoms with Crippen LogP contribution in [-0.2, 0) is 0 Å². The molecule has 0 spiro atoms. The molecule has 0 amide bonds. The lowest BCUT2D eigenvalue weighted by Gasteiger charge is -2.00. The van der Waals surface area contributed by atoms with E-state index >= 15 is 0 Å². The Kier molecular flexibility index (Phi) is 2.85. The molecule has 23 heavy (non-hydrogen) atoms. The summed E-state index contributed by atoms with van der Waals surface area (Å²) >= 11 is 1.30. The molecular formula is C16H8N2O4S. The Morgan fingerprint density at radius 1 is 1.04 bits per heavy atom. The Hall–Kier alpha value is -2.93. The van der Waals surface area contributed by atoms with Crippen molar-refractivity contribution in [2.24, 2.45) is 0 Å². The topological polar surface area (TPSA) is 90.2 Å². The largest absolute Gasteiger partial charge is 0.293 e. The average Bonchev–Trinajstić information content (AvgIpc) is 3.06. The van der Waals surface area contributed by atoms with Gasteiger partial charge in [-0.15, -0.1) is 11.3 Å². The SMILES string of the molecule is O=C1c2ccc([N+](=O)[O-])cc2C(=O)C1c1nc2ccccc2s1. The van der Waals surface area contributed by atoms with Gasteiger partial charge in [0.25, 0.3) is 5.69 Å². The van der Waals surface area contributed by atoms with Crippen LogP contribution in [0, 0.1) is 10.1 Å². The van der Waals surface area contributed by atoms with E-state index in [0.29, 0.717) is 5.01 Å². The molecule has 6 nitrogen and oxygen atoms in total. The first-order chi connectivity index (χ1) is 11.1. The molecule has 0 saturated carbocycles. The van der Waals surface area contributed by atoms with Crippen molar-refractivity contribution in [1.82, 2.24) is 4.98 Å². The van der Waals surface area contributed by atoms with Gasteiger partial charge in [-0.2, -0.15) is 0 Å². The van der Waals surface area contributed by atoms with Crippen LogP contribution in [0.2, 0.25) is 0 Å². The minimum atomic E-state index is -0.996. The lowest BCUT2D eigenvalue weighted by molar-refractivity contribution is -0.384. The number of nitrogens with zero attached hydrogens (tertiary/aromatic N) is 2. The summed E-state index contributed by atoms with van der Waals surface area (Å²) in [6.07, 6.45) is 0. The first kappa shape index (κ1) is 13.7. The van der Waals surface area contributed by atoms with E-state index in [1.165, 1.54) is 29.5 Å². The van der Waals surface area contributed by atoms with Gasteiger partial charge in [0.15, 0.2) is 11.6 Å². The van der Waals surface area contributed by atoms with Crippen LogP contribution in [0.15, 0.2) is 42.5 Å². The van der Waals surface area contributed by atoms with Gasteiger partial charge in [-0.1, -0.05) is 12.1 Å². The molecule has 3 aromatic rings. The lowest BCUT2D eigenvalue weighted by Crippen LogP contribution is -2.12. The van der Waals surface area contributed by atoms with Crippen LogP contribution in [0.25, 0.3) is 10.2 Å². The minimum Gasteiger partial charge on any atom is -0.293 e. The smallest absolute Gasteiger partial charge is 0.270 e. The zero-order valence-corrected chi connectivity index (χ0v) is 12.4. The van der Waals surface area contributed by atoms with Crippen LogP contribution in [0.1, 0.15) is 31.6 Å². The second-order valence-corrected chi connectivity index (χ2v) is 6.23. The van der Waals surface area contributed by atoms with Gasteiger partial charge < -0.3 is 0 Å². The quantitative estimate of drug-likeness (QED) is 0.409. The predicted octanol–water partition coefficient (Wildman–Crippen LogP) is 3.37. The standard InChI is InChI=1S/C16H8N2O4S/c19-14-9-6-5-8(18(21)22)7-10(9)15(20)13(14)16-17-11-3-1-2-4-12(11)23-16/h1-7,13H. The van der Waals surface area contributed by atoms with E-state index in [9.17, 15) is 19.7 Å². The molecule has 1 unspecified atom stereocenters. The van der Waals surface area contributed by atoms with Gasteiger partial charge in [0.2, 0.25) is 0 Å². The molecule has 112 valence electrons. The molecule has 1 aliphatic carbocycles. The number of ketones is 2. The molecule has 1 aliphatic rings. The average molecular weight is 324 g/mol. The number of nitro groups is 1. The van der Waals surface area contributed by atoms with Gasteiger partial charge >= 0.3 is 0 Å². The number of benzene rings is 2. The van der Waals surface area contributed by atoms with Gasteiger partial charge in [-0.3, -0.25) is 19.7 Å². The molecule has 7 heteroatoms. The molecule has 0 aliphatic heterocycles. The van der Waals surface area contributed by atoms with E-state index in [1.54, 1.807) is 0 Å². The number of aromatic nitrogens is 1. The van der Waals surface area contributed by atoms with Crippen molar-refractivity contribution in [2.45, 2.75) is 5.92 Å². The molecule has 1 aromatic heterocycles. The molecule has 0 radical (unpaired) electrons. The summed E-state index contributed by atoms with van der Waals surface area (Å²) in [5, 5.41) is 11.3. The fourth-order valence-corrected chi connectivity index (χ4v) is 3.80. The predicted molar refractivity (Wildman–Crippen MR) is 84.1 cm³/mol. The van der Waals surface area contributed by atoms with Crippen molar-refractivity contribution in [3.8, 4) is 0 Å². The van der Waals surface area contributed by atoms with Crippen molar-refractivity contribution >= 4 is 38.8 Å². The number of nitro benzene ring substituents is 1. The van der Waals surface area contributed by atoms with Crippen LogP contribution in [-0.4, -0.2) is 21.5 Å². The Balaban J connectivity index is 1.83. The number of thiazole rings is 1. The monoisotopic (exact) mass is 324 g/mol. The summed E-state index contributed by atoms with van der Waals surface area (Å²) in [6, 6.07) is 11.1. The lowest BCUT2D eigenvalue weighted by atomic mass is 10.1. The number of carbonyl (C=O) groups excluding carboxylic acids is 2. The number of carbonyl (C=O) groups is 2. The van der Waals surface area contributed by atoms with Crippen LogP contribution < -0.4 is 0 Å². The van der Waals surface area contributed by atoms with Gasteiger partial charge in [0.1, 0.15) is 10.9 Å². The van der Waals surface area contributed by atoms with Crippen LogP contribution in [0.3, 0.4) is 0 Å². The summed E-state index contributed by atoms with van der Waals surface area (Å²) in [5.41, 5.74) is 0.864. The summed E-state index contributed by atoms with van der Waals surface area (Å²) in [4.78, 5) is 39.8. The molecule has 2 aromatic carbocycles. The van der Waals surface area contributed by atoms with Gasteiger partial charge in [-0.25, -0.2) is 4.98 Å². The number of non-ortho nitro benzene ring substituents is 1. The summed E-state index contributed by atoms with van der Waals surface area (Å²) < 4.78 is 0.894. The number of hydrogen-bond donors (Lipinski definition) is 0. The van der Waals surface area contributed by atoms with Gasteiger partial charge in [0.05, 0.1) is 15.1 Å². The van der Waals surface area contributed by atoms with Crippen LogP contribution >= 0.6 is 11.3 Å². The number of Topliss-reactive ketones (excluding diaryl/α,β-unsaturated/α-hetero) is 2. The highest BCUT2D eigenvalue weighted by molar-refractivity contribution is 7.18. The van der Waals surface area contributed by atoms with Crippen molar-refractivity contribution in [1.29, 1.82) is 0 Å². The zero-order valence-electron chi connectivity index (χ0n) is 11.6. The Morgan fingerprint density at radius 3 is 2.52 bits per heavy atom. The maximum atomic E-state index is 12.6. The molecular weight excluding hydrogens is 316 g/mol. The van der Waals surface area contributed by atoms with E-state index in [2.05, 4.69) is 4.98 Å². The maximum absolute atomic E-state index is 12.6. The zero-order chi connectivity index (χ0) is 16.1. The number of para-hydroxylation sites is 1. The van der Waals surface area contributed by atoms with Gasteiger partial charge in [-0.05, 0) is 18.2 Å². The van der Waals surface area contributed by atoms with Gasteiger partial charge in [0, 0.05) is 23.3 Å². The highest BCUT2D eigenvalue weighted by atomic mass is 32.1. The van der Waals surface area contributed by atoms with Crippen molar-refractivity contribution in [2.75, 3.05) is 0 Å². The second kappa shape index (κ2) is 4.79. The summed E-state index contributed by atoms with van der Waals surface area (Å²) in [6.45, 7) is 0. The summed E-state index contributed by atoms with van der Waals surface area (Å²) in [7, 11) is 0. The van der Waals surface area contributed by atoms with Crippen LogP contribution in [0.5, 0.6) is 0 Å². The van der Waals surface area contributed by atoms with E-state index in [-0.39, 0.29) is 22.6 Å². The first-order valence-corrected chi connectivity index (χ1v) is 7.60. The van der Waals surface area contributed by atoms with Crippen molar-refractivity contribution in [3.05, 3.63) is 68.7 Å². The third-order valence-electron chi connectivity index (χ3n) is 3.83. The molecule has 0 saturated heterocycles. The summed E-state index contributed by atoms with van der Waals surface area (Å²) in [5.74, 6) is -1.77. The van der Waals surface area contributed by atoms with Crippen molar-refractivity contribution in [3.63, 3.8) is 0 Å². The molecule has 4 rings (SSSR count). The normalized spacial score (nSPS) is 16.8. The Labute approximate surface area is 133 Å². The molecule has 1 atom stereocenters. The molecule has 0 N–H and O–H groups in total. The number of hydrogen-bond acceptors (Lipinski definition) is 6. The minimum absolute atomic E-state index is 0.105. The number of rotatable bonds is 2. The second-order valence-electron chi connectivity index (χ2n) is 5.17. The molecule has 0 bridgehead atoms. The maximum Gasteiger partial charge on any atom is 0.270 e. The molecule has 0 fully saturated rings. The fraction of sp³-hybridized carbons (Fsp3) is 0.0625. The van der Waals surface area contributed by atoms with Crippen molar-refractivity contribution < 1.29 is 14.5 Å². The highest BCUT2D eigenvalue weighted by Crippen LogP contribution is 2.38. The first-order valence-electron chi connectivity index (χ1n) is 6.78. The molecule has 1 heterocycles. The van der Waals surface area contributed by atoms with Crippen LogP contribution in [0.4, 0.5) is 5.69 Å². The Bertz CT molecular complexity index is 975. The van der Waals surface area contributed by atoms with E-state index < -0.39 is 16.6 Å². The number of fused-ring (bicyclic) bond motifs is 2. The fourth-order valence-electron chi connectivity index (χ4n) is 2.73. The van der Waals surface area contributed by atoms with E-state index in [4.69, 9.17) is 0 Å². The van der Waals surface area contributed by atoms with E-state index in [0.717, 1.165) is 10.2 Å². The Morgan fingerprint density at radius 2 is 1.78 bits per heavy atom.